The molecule has 0 bridgehead atoms. The summed E-state index contributed by atoms with van der Waals surface area (Å²) in [6.45, 7) is 5.37. The van der Waals surface area contributed by atoms with E-state index in [0.29, 0.717) is 6.54 Å². The molecule has 0 saturated carbocycles. The van der Waals surface area contributed by atoms with Gasteiger partial charge in [-0.15, -0.1) is 0 Å². The normalized spacial score (nSPS) is 23.1. The molecule has 1 aromatic heterocycles. The Morgan fingerprint density at radius 2 is 1.88 bits per heavy atom. The Morgan fingerprint density at radius 3 is 2.67 bits per heavy atom. The number of carbonyl (C=O) groups is 1. The molecule has 10 heteroatoms. The molecule has 1 amide bonds. The number of hydrazine groups is 1. The zero-order chi connectivity index (χ0) is 27.4. The second kappa shape index (κ2) is 11.7. The summed E-state index contributed by atoms with van der Waals surface area (Å²) in [5, 5.41) is 1.97. The van der Waals surface area contributed by atoms with Crippen LogP contribution in [0.2, 0.25) is 0 Å². The van der Waals surface area contributed by atoms with Gasteiger partial charge in [-0.3, -0.25) is 14.7 Å². The first-order valence-corrected chi connectivity index (χ1v) is 13.9. The van der Waals surface area contributed by atoms with Crippen molar-refractivity contribution in [2.24, 2.45) is 5.73 Å². The number of nitrogens with zero attached hydrogens (tertiary/aromatic N) is 5. The predicted octanol–water partition coefficient (Wildman–Crippen LogP) is 2.63. The van der Waals surface area contributed by atoms with E-state index >= 15 is 0 Å². The molecule has 208 valence electrons. The van der Waals surface area contributed by atoms with Gasteiger partial charge < -0.3 is 20.1 Å². The van der Waals surface area contributed by atoms with Crippen LogP contribution in [0.25, 0.3) is 0 Å². The van der Waals surface area contributed by atoms with E-state index in [0.717, 1.165) is 80.7 Å². The van der Waals surface area contributed by atoms with Crippen LogP contribution in [0.3, 0.4) is 0 Å². The van der Waals surface area contributed by atoms with Gasteiger partial charge in [-0.25, -0.2) is 15.4 Å². The van der Waals surface area contributed by atoms with Crippen molar-refractivity contribution < 1.29 is 14.3 Å². The van der Waals surface area contributed by atoms with E-state index in [9.17, 15) is 4.79 Å². The number of likely N-dealkylation sites (tertiary alicyclic amines) is 1. The summed E-state index contributed by atoms with van der Waals surface area (Å²) in [4.78, 5) is 26.2. The first-order chi connectivity index (χ1) is 19.6. The lowest BCUT2D eigenvalue weighted by Crippen LogP contribution is -2.55. The summed E-state index contributed by atoms with van der Waals surface area (Å²) >= 11 is 0. The second-order valence-electron chi connectivity index (χ2n) is 10.4. The maximum absolute atomic E-state index is 13.1. The molecular formula is C30H35N7O3. The Morgan fingerprint density at radius 1 is 1.10 bits per heavy atom. The molecule has 6 rings (SSSR count). The standard InChI is InChI=1S/C30H35N7O3/c31-30(23-10-12-26(13-11-23)40-25-7-2-1-3-8-25)27-20-32-22-33-29(27)37(34-30)21-24-6-4-15-36(24)28(38)9-5-14-35-16-18-39-19-17-35/h1-3,5,7-13,20,22,24,34H,4,6,14-19,21,31H2/b9-5+. The fourth-order valence-corrected chi connectivity index (χ4v) is 5.61. The number of hydrogen-bond donors (Lipinski definition) is 2. The third-order valence-corrected chi connectivity index (χ3v) is 7.75. The lowest BCUT2D eigenvalue weighted by molar-refractivity contribution is -0.126. The van der Waals surface area contributed by atoms with Gasteiger partial charge in [0.1, 0.15) is 23.5 Å². The lowest BCUT2D eigenvalue weighted by atomic mass is 9.95. The number of nitrogens with two attached hydrogens (primary N) is 1. The number of carbonyl (C=O) groups excluding carboxylic acids is 1. The van der Waals surface area contributed by atoms with Crippen LogP contribution in [0.4, 0.5) is 5.82 Å². The van der Waals surface area contributed by atoms with Crippen LogP contribution in [0.15, 0.2) is 79.3 Å². The molecule has 3 N–H and O–H groups in total. The lowest BCUT2D eigenvalue weighted by Gasteiger charge is -2.32. The van der Waals surface area contributed by atoms with Crippen molar-refractivity contribution in [3.63, 3.8) is 0 Å². The van der Waals surface area contributed by atoms with Gasteiger partial charge in [-0.05, 0) is 42.7 Å². The van der Waals surface area contributed by atoms with Gasteiger partial charge in [0.05, 0.1) is 31.4 Å². The molecule has 10 nitrogen and oxygen atoms in total. The number of hydrogen-bond acceptors (Lipinski definition) is 9. The summed E-state index contributed by atoms with van der Waals surface area (Å²) in [7, 11) is 0. The number of rotatable bonds is 8. The van der Waals surface area contributed by atoms with Crippen molar-refractivity contribution in [2.75, 3.05) is 50.9 Å². The van der Waals surface area contributed by atoms with E-state index in [2.05, 4.69) is 20.3 Å². The minimum absolute atomic E-state index is 0.0415. The number of nitrogens with one attached hydrogen (secondary N) is 1. The van der Waals surface area contributed by atoms with E-state index in [1.54, 1.807) is 12.3 Å². The van der Waals surface area contributed by atoms with E-state index in [1.807, 2.05) is 70.6 Å². The van der Waals surface area contributed by atoms with E-state index < -0.39 is 5.66 Å². The first kappa shape index (κ1) is 26.4. The Labute approximate surface area is 234 Å². The Balaban J connectivity index is 1.14. The summed E-state index contributed by atoms with van der Waals surface area (Å²) < 4.78 is 11.4. The fraction of sp³-hybridized carbons (Fsp3) is 0.367. The third kappa shape index (κ3) is 5.57. The molecule has 0 aliphatic carbocycles. The molecule has 2 saturated heterocycles. The number of para-hydroxylation sites is 1. The van der Waals surface area contributed by atoms with Gasteiger partial charge in [0.25, 0.3) is 0 Å². The van der Waals surface area contributed by atoms with E-state index in [1.165, 1.54) is 6.33 Å². The average Bonchev–Trinajstić information content (AvgIpc) is 3.57. The van der Waals surface area contributed by atoms with Gasteiger partial charge in [0.15, 0.2) is 5.82 Å². The molecule has 0 spiro atoms. The molecule has 3 aliphatic heterocycles. The van der Waals surface area contributed by atoms with Crippen LogP contribution in [0.5, 0.6) is 11.5 Å². The molecule has 4 heterocycles. The number of benzene rings is 2. The SMILES string of the molecule is NC1(c2ccc(Oc3ccccc3)cc2)NN(CC2CCCN2C(=O)/C=C/CN2CCOCC2)c2ncncc21. The third-order valence-electron chi connectivity index (χ3n) is 7.75. The van der Waals surface area contributed by atoms with Crippen molar-refractivity contribution in [2.45, 2.75) is 24.5 Å². The van der Waals surface area contributed by atoms with Crippen LogP contribution in [-0.4, -0.2) is 77.7 Å². The highest BCUT2D eigenvalue weighted by molar-refractivity contribution is 5.88. The molecule has 3 aliphatic rings. The molecular weight excluding hydrogens is 506 g/mol. The molecule has 2 unspecified atom stereocenters. The maximum Gasteiger partial charge on any atom is 0.246 e. The Kier molecular flexibility index (Phi) is 7.74. The zero-order valence-corrected chi connectivity index (χ0v) is 22.5. The molecule has 40 heavy (non-hydrogen) atoms. The Hall–Kier alpha value is -3.83. The quantitative estimate of drug-likeness (QED) is 0.416. The van der Waals surface area contributed by atoms with Gasteiger partial charge in [0, 0.05) is 38.5 Å². The number of fused-ring (bicyclic) bond motifs is 1. The average molecular weight is 542 g/mol. The van der Waals surface area contributed by atoms with Gasteiger partial charge in [-0.1, -0.05) is 36.4 Å². The highest BCUT2D eigenvalue weighted by atomic mass is 16.5. The number of anilines is 1. The topological polar surface area (TPSA) is 109 Å². The van der Waals surface area contributed by atoms with Crippen molar-refractivity contribution in [1.29, 1.82) is 0 Å². The highest BCUT2D eigenvalue weighted by Crippen LogP contribution is 2.38. The van der Waals surface area contributed by atoms with Crippen LogP contribution in [0.1, 0.15) is 24.0 Å². The highest BCUT2D eigenvalue weighted by Gasteiger charge is 2.43. The smallest absolute Gasteiger partial charge is 0.246 e. The summed E-state index contributed by atoms with van der Waals surface area (Å²) in [5.74, 6) is 2.27. The van der Waals surface area contributed by atoms with Crippen molar-refractivity contribution in [1.82, 2.24) is 25.2 Å². The minimum Gasteiger partial charge on any atom is -0.457 e. The van der Waals surface area contributed by atoms with Gasteiger partial charge in [-0.2, -0.15) is 0 Å². The van der Waals surface area contributed by atoms with Crippen LogP contribution in [-0.2, 0) is 15.2 Å². The number of morpholine rings is 1. The maximum atomic E-state index is 13.1. The largest absolute Gasteiger partial charge is 0.457 e. The summed E-state index contributed by atoms with van der Waals surface area (Å²) in [6, 6.07) is 17.4. The van der Waals surface area contributed by atoms with Crippen molar-refractivity contribution in [3.05, 3.63) is 90.4 Å². The van der Waals surface area contributed by atoms with Gasteiger partial charge >= 0.3 is 0 Å². The summed E-state index contributed by atoms with van der Waals surface area (Å²) in [6.07, 6.45) is 8.86. The van der Waals surface area contributed by atoms with Crippen molar-refractivity contribution in [3.8, 4) is 11.5 Å². The second-order valence-corrected chi connectivity index (χ2v) is 10.4. The van der Waals surface area contributed by atoms with Crippen molar-refractivity contribution >= 4 is 11.7 Å². The number of amides is 1. The fourth-order valence-electron chi connectivity index (χ4n) is 5.61. The molecule has 2 aromatic carbocycles. The summed E-state index contributed by atoms with van der Waals surface area (Å²) in [5.41, 5.74) is 11.1. The monoisotopic (exact) mass is 541 g/mol. The number of ether oxygens (including phenoxy) is 2. The molecule has 0 radical (unpaired) electrons. The molecule has 2 fully saturated rings. The Bertz CT molecular complexity index is 1330. The number of aromatic nitrogens is 2. The molecule has 3 aromatic rings. The first-order valence-electron chi connectivity index (χ1n) is 13.9. The van der Waals surface area contributed by atoms with Crippen LogP contribution >= 0.6 is 0 Å². The van der Waals surface area contributed by atoms with Crippen LogP contribution in [0, 0.1) is 0 Å². The van der Waals surface area contributed by atoms with Gasteiger partial charge in [0.2, 0.25) is 5.91 Å². The van der Waals surface area contributed by atoms with E-state index in [-0.39, 0.29) is 11.9 Å². The predicted molar refractivity (Wildman–Crippen MR) is 152 cm³/mol. The minimum atomic E-state index is -1.02. The van der Waals surface area contributed by atoms with Crippen LogP contribution < -0.4 is 20.9 Å². The molecule has 2 atom stereocenters. The van der Waals surface area contributed by atoms with E-state index in [4.69, 9.17) is 15.2 Å². The zero-order valence-electron chi connectivity index (χ0n) is 22.5.